The molecule has 18 heavy (non-hydrogen) atoms. The molecular weight excluding hydrogens is 246 g/mol. The molecule has 1 fully saturated rings. The van der Waals surface area contributed by atoms with Gasteiger partial charge in [0.15, 0.2) is 0 Å². The maximum Gasteiger partial charge on any atom is 0.229 e. The van der Waals surface area contributed by atoms with Crippen LogP contribution in [0.25, 0.3) is 0 Å². The number of aryl methyl sites for hydroxylation is 1. The van der Waals surface area contributed by atoms with E-state index in [-0.39, 0.29) is 11.8 Å². The Kier molecular flexibility index (Phi) is 5.11. The van der Waals surface area contributed by atoms with Crippen LogP contribution in [-0.2, 0) is 11.2 Å². The van der Waals surface area contributed by atoms with Gasteiger partial charge in [-0.05, 0) is 19.3 Å². The van der Waals surface area contributed by atoms with Gasteiger partial charge < -0.3 is 5.32 Å². The van der Waals surface area contributed by atoms with Crippen LogP contribution in [0, 0.1) is 5.92 Å². The molecule has 0 spiro atoms. The van der Waals surface area contributed by atoms with Crippen LogP contribution in [0.1, 0.15) is 56.9 Å². The lowest BCUT2D eigenvalue weighted by Gasteiger charge is -2.19. The zero-order valence-corrected chi connectivity index (χ0v) is 11.8. The zero-order chi connectivity index (χ0) is 12.8. The van der Waals surface area contributed by atoms with Gasteiger partial charge in [0.05, 0.1) is 0 Å². The Hall–Kier alpha value is -0.970. The highest BCUT2D eigenvalue weighted by molar-refractivity contribution is 7.15. The maximum atomic E-state index is 12.0. The molecule has 0 bridgehead atoms. The minimum atomic E-state index is 0.132. The Morgan fingerprint density at radius 1 is 1.33 bits per heavy atom. The van der Waals surface area contributed by atoms with Gasteiger partial charge >= 0.3 is 0 Å². The summed E-state index contributed by atoms with van der Waals surface area (Å²) in [6, 6.07) is 0. The molecule has 5 heteroatoms. The molecule has 1 aliphatic rings. The standard InChI is InChI=1S/C13H21N3OS/c1-2-3-9-11-15-16-13(18-11)14-12(17)10-7-5-4-6-8-10/h10H,2-9H2,1H3,(H,14,16,17). The molecular formula is C13H21N3OS. The van der Waals surface area contributed by atoms with E-state index >= 15 is 0 Å². The lowest BCUT2D eigenvalue weighted by atomic mass is 9.89. The Bertz CT molecular complexity index is 385. The topological polar surface area (TPSA) is 54.9 Å². The fourth-order valence-electron chi connectivity index (χ4n) is 2.31. The van der Waals surface area contributed by atoms with E-state index in [1.54, 1.807) is 0 Å². The van der Waals surface area contributed by atoms with Gasteiger partial charge in [-0.15, -0.1) is 10.2 Å². The number of rotatable bonds is 5. The summed E-state index contributed by atoms with van der Waals surface area (Å²) in [5.41, 5.74) is 0. The van der Waals surface area contributed by atoms with E-state index < -0.39 is 0 Å². The number of unbranched alkanes of at least 4 members (excludes halogenated alkanes) is 1. The van der Waals surface area contributed by atoms with Gasteiger partial charge in [-0.3, -0.25) is 4.79 Å². The first-order valence-electron chi connectivity index (χ1n) is 6.93. The van der Waals surface area contributed by atoms with Crippen molar-refractivity contribution in [1.29, 1.82) is 0 Å². The Morgan fingerprint density at radius 3 is 2.83 bits per heavy atom. The molecule has 0 radical (unpaired) electrons. The number of aromatic nitrogens is 2. The van der Waals surface area contributed by atoms with Crippen LogP contribution >= 0.6 is 11.3 Å². The van der Waals surface area contributed by atoms with E-state index in [2.05, 4.69) is 22.4 Å². The third kappa shape index (κ3) is 3.77. The molecule has 0 unspecified atom stereocenters. The summed E-state index contributed by atoms with van der Waals surface area (Å²) in [7, 11) is 0. The second kappa shape index (κ2) is 6.83. The molecule has 0 atom stereocenters. The number of nitrogens with zero attached hydrogens (tertiary/aromatic N) is 2. The third-order valence-electron chi connectivity index (χ3n) is 3.42. The van der Waals surface area contributed by atoms with E-state index in [0.717, 1.165) is 37.1 Å². The molecule has 1 saturated carbocycles. The number of carbonyl (C=O) groups excluding carboxylic acids is 1. The Morgan fingerprint density at radius 2 is 2.11 bits per heavy atom. The molecule has 1 aliphatic carbocycles. The average Bonchev–Trinajstić information content (AvgIpc) is 2.85. The van der Waals surface area contributed by atoms with Crippen molar-refractivity contribution in [1.82, 2.24) is 10.2 Å². The van der Waals surface area contributed by atoms with Gasteiger partial charge in [-0.2, -0.15) is 0 Å². The van der Waals surface area contributed by atoms with Crippen LogP contribution in [0.5, 0.6) is 0 Å². The number of hydrogen-bond donors (Lipinski definition) is 1. The summed E-state index contributed by atoms with van der Waals surface area (Å²) in [5.74, 6) is 0.314. The van der Waals surface area contributed by atoms with Crippen molar-refractivity contribution in [2.75, 3.05) is 5.32 Å². The Balaban J connectivity index is 1.84. The SMILES string of the molecule is CCCCc1nnc(NC(=O)C2CCCCC2)s1. The maximum absolute atomic E-state index is 12.0. The lowest BCUT2D eigenvalue weighted by molar-refractivity contribution is -0.120. The second-order valence-corrected chi connectivity index (χ2v) is 5.99. The van der Waals surface area contributed by atoms with Gasteiger partial charge in [-0.25, -0.2) is 0 Å². The largest absolute Gasteiger partial charge is 0.300 e. The van der Waals surface area contributed by atoms with Crippen LogP contribution in [-0.4, -0.2) is 16.1 Å². The summed E-state index contributed by atoms with van der Waals surface area (Å²) in [6.07, 6.45) is 8.92. The van der Waals surface area contributed by atoms with E-state index in [1.807, 2.05) is 0 Å². The summed E-state index contributed by atoms with van der Waals surface area (Å²) >= 11 is 1.51. The highest BCUT2D eigenvalue weighted by Crippen LogP contribution is 2.25. The summed E-state index contributed by atoms with van der Waals surface area (Å²) in [4.78, 5) is 12.0. The van der Waals surface area contributed by atoms with Gasteiger partial charge in [0.2, 0.25) is 11.0 Å². The average molecular weight is 267 g/mol. The van der Waals surface area contributed by atoms with E-state index in [0.29, 0.717) is 5.13 Å². The summed E-state index contributed by atoms with van der Waals surface area (Å²) < 4.78 is 0. The van der Waals surface area contributed by atoms with Crippen molar-refractivity contribution < 1.29 is 4.79 Å². The van der Waals surface area contributed by atoms with Crippen molar-refractivity contribution in [3.8, 4) is 0 Å². The van der Waals surface area contributed by atoms with Gasteiger partial charge in [0, 0.05) is 12.3 Å². The molecule has 1 aromatic heterocycles. The minimum Gasteiger partial charge on any atom is -0.300 e. The van der Waals surface area contributed by atoms with E-state index in [4.69, 9.17) is 0 Å². The predicted molar refractivity (Wildman–Crippen MR) is 73.7 cm³/mol. The molecule has 1 N–H and O–H groups in total. The number of hydrogen-bond acceptors (Lipinski definition) is 4. The van der Waals surface area contributed by atoms with Crippen molar-refractivity contribution in [2.24, 2.45) is 5.92 Å². The monoisotopic (exact) mass is 267 g/mol. The minimum absolute atomic E-state index is 0.132. The molecule has 1 amide bonds. The van der Waals surface area contributed by atoms with Crippen molar-refractivity contribution >= 4 is 22.4 Å². The quantitative estimate of drug-likeness (QED) is 0.889. The van der Waals surface area contributed by atoms with E-state index in [9.17, 15) is 4.79 Å². The zero-order valence-electron chi connectivity index (χ0n) is 10.9. The smallest absolute Gasteiger partial charge is 0.229 e. The van der Waals surface area contributed by atoms with Crippen LogP contribution in [0.2, 0.25) is 0 Å². The van der Waals surface area contributed by atoms with E-state index in [1.165, 1.54) is 30.6 Å². The van der Waals surface area contributed by atoms with Crippen LogP contribution in [0.3, 0.4) is 0 Å². The van der Waals surface area contributed by atoms with Crippen LogP contribution in [0.15, 0.2) is 0 Å². The normalized spacial score (nSPS) is 16.7. The molecule has 100 valence electrons. The molecule has 4 nitrogen and oxygen atoms in total. The highest BCUT2D eigenvalue weighted by Gasteiger charge is 2.21. The molecule has 0 saturated heterocycles. The van der Waals surface area contributed by atoms with Gasteiger partial charge in [-0.1, -0.05) is 43.9 Å². The van der Waals surface area contributed by atoms with Crippen LogP contribution < -0.4 is 5.32 Å². The number of anilines is 1. The summed E-state index contributed by atoms with van der Waals surface area (Å²) in [5, 5.41) is 12.7. The Labute approximate surface area is 112 Å². The fourth-order valence-corrected chi connectivity index (χ4v) is 3.09. The van der Waals surface area contributed by atoms with Crippen molar-refractivity contribution in [3.05, 3.63) is 5.01 Å². The number of amides is 1. The molecule has 0 aromatic carbocycles. The van der Waals surface area contributed by atoms with Gasteiger partial charge in [0.1, 0.15) is 5.01 Å². The number of carbonyl (C=O) groups is 1. The van der Waals surface area contributed by atoms with Crippen molar-refractivity contribution in [3.63, 3.8) is 0 Å². The summed E-state index contributed by atoms with van der Waals surface area (Å²) in [6.45, 7) is 2.16. The highest BCUT2D eigenvalue weighted by atomic mass is 32.1. The molecule has 1 heterocycles. The first kappa shape index (κ1) is 13.5. The lowest BCUT2D eigenvalue weighted by Crippen LogP contribution is -2.24. The number of nitrogens with one attached hydrogen (secondary N) is 1. The van der Waals surface area contributed by atoms with Crippen LogP contribution in [0.4, 0.5) is 5.13 Å². The molecule has 0 aliphatic heterocycles. The predicted octanol–water partition coefficient (Wildman–Crippen LogP) is 3.40. The third-order valence-corrected chi connectivity index (χ3v) is 4.32. The second-order valence-electron chi connectivity index (χ2n) is 4.93. The fraction of sp³-hybridized carbons (Fsp3) is 0.769. The first-order chi connectivity index (χ1) is 8.79. The molecule has 1 aromatic rings. The first-order valence-corrected chi connectivity index (χ1v) is 7.74. The van der Waals surface area contributed by atoms with Crippen molar-refractivity contribution in [2.45, 2.75) is 58.3 Å². The van der Waals surface area contributed by atoms with Gasteiger partial charge in [0.25, 0.3) is 0 Å². The molecule has 2 rings (SSSR count).